The van der Waals surface area contributed by atoms with Crippen molar-refractivity contribution < 1.29 is 18.7 Å². The van der Waals surface area contributed by atoms with Gasteiger partial charge in [0.15, 0.2) is 17.7 Å². The topological polar surface area (TPSA) is 80.3 Å². The van der Waals surface area contributed by atoms with Gasteiger partial charge in [-0.15, -0.1) is 0 Å². The van der Waals surface area contributed by atoms with E-state index in [1.54, 1.807) is 6.07 Å². The Morgan fingerprint density at radius 2 is 1.96 bits per heavy atom. The van der Waals surface area contributed by atoms with Crippen LogP contribution in [0, 0.1) is 5.82 Å². The average Bonchev–Trinajstić information content (AvgIpc) is 2.55. The molecule has 0 spiro atoms. The number of hydrogen-bond donors (Lipinski definition) is 2. The van der Waals surface area contributed by atoms with Gasteiger partial charge in [-0.3, -0.25) is 20.4 Å². The Morgan fingerprint density at radius 3 is 2.61 bits per heavy atom. The zero-order chi connectivity index (χ0) is 16.8. The quantitative estimate of drug-likeness (QED) is 0.661. The molecule has 0 aliphatic heterocycles. The third-order valence-electron chi connectivity index (χ3n) is 2.80. The van der Waals surface area contributed by atoms with Crippen LogP contribution in [0.2, 0.25) is 5.15 Å². The minimum Gasteiger partial charge on any atom is -0.478 e. The van der Waals surface area contributed by atoms with Crippen molar-refractivity contribution in [3.8, 4) is 5.75 Å². The molecule has 0 saturated carbocycles. The second-order valence-corrected chi connectivity index (χ2v) is 4.89. The van der Waals surface area contributed by atoms with E-state index in [4.69, 9.17) is 16.3 Å². The normalized spacial score (nSPS) is 11.4. The predicted molar refractivity (Wildman–Crippen MR) is 81.3 cm³/mol. The molecule has 1 aromatic heterocycles. The van der Waals surface area contributed by atoms with E-state index >= 15 is 0 Å². The molecule has 1 aromatic carbocycles. The maximum atomic E-state index is 13.4. The van der Waals surface area contributed by atoms with Gasteiger partial charge >= 0.3 is 0 Å². The predicted octanol–water partition coefficient (Wildman–Crippen LogP) is 2.10. The molecular formula is C15H13ClFN3O3. The zero-order valence-electron chi connectivity index (χ0n) is 12.0. The summed E-state index contributed by atoms with van der Waals surface area (Å²) in [6.45, 7) is 1.43. The fourth-order valence-electron chi connectivity index (χ4n) is 1.59. The molecule has 1 heterocycles. The number of nitrogens with zero attached hydrogens (tertiary/aromatic N) is 1. The number of hydrogen-bond acceptors (Lipinski definition) is 4. The van der Waals surface area contributed by atoms with Crippen LogP contribution < -0.4 is 15.6 Å². The summed E-state index contributed by atoms with van der Waals surface area (Å²) in [6, 6.07) is 8.61. The van der Waals surface area contributed by atoms with Crippen LogP contribution in [0.1, 0.15) is 17.3 Å². The minimum absolute atomic E-state index is 0.0524. The van der Waals surface area contributed by atoms with Gasteiger partial charge in [0.25, 0.3) is 11.8 Å². The number of hydrazine groups is 1. The van der Waals surface area contributed by atoms with Crippen LogP contribution in [-0.2, 0) is 4.79 Å². The Kier molecular flexibility index (Phi) is 5.48. The highest BCUT2D eigenvalue weighted by Crippen LogP contribution is 2.16. The number of carbonyl (C=O) groups is 2. The van der Waals surface area contributed by atoms with Crippen LogP contribution in [-0.4, -0.2) is 22.9 Å². The van der Waals surface area contributed by atoms with Gasteiger partial charge in [-0.05, 0) is 31.2 Å². The van der Waals surface area contributed by atoms with Crippen molar-refractivity contribution in [3.63, 3.8) is 0 Å². The van der Waals surface area contributed by atoms with Crippen LogP contribution in [0.4, 0.5) is 4.39 Å². The van der Waals surface area contributed by atoms with Gasteiger partial charge in [-0.25, -0.2) is 9.37 Å². The standard InChI is InChI=1S/C15H13ClFN3O3/c1-9(23-12-5-3-2-4-11(12)17)14(21)19-20-15(22)10-6-7-13(16)18-8-10/h2-9H,1H3,(H,19,21)(H,20,22). The SMILES string of the molecule is CC(Oc1ccccc1F)C(=O)NNC(=O)c1ccc(Cl)nc1. The molecule has 6 nitrogen and oxygen atoms in total. The molecule has 2 N–H and O–H groups in total. The first-order chi connectivity index (χ1) is 11.0. The van der Waals surface area contributed by atoms with Crippen molar-refractivity contribution in [1.29, 1.82) is 0 Å². The smallest absolute Gasteiger partial charge is 0.279 e. The first kappa shape index (κ1) is 16.7. The van der Waals surface area contributed by atoms with Crippen molar-refractivity contribution >= 4 is 23.4 Å². The highest BCUT2D eigenvalue weighted by Gasteiger charge is 2.17. The summed E-state index contributed by atoms with van der Waals surface area (Å²) in [5.74, 6) is -1.84. The van der Waals surface area contributed by atoms with Crippen molar-refractivity contribution in [1.82, 2.24) is 15.8 Å². The second kappa shape index (κ2) is 7.55. The lowest BCUT2D eigenvalue weighted by atomic mass is 10.3. The fraction of sp³-hybridized carbons (Fsp3) is 0.133. The molecule has 1 atom stereocenters. The Morgan fingerprint density at radius 1 is 1.22 bits per heavy atom. The second-order valence-electron chi connectivity index (χ2n) is 4.50. The van der Waals surface area contributed by atoms with E-state index in [1.807, 2.05) is 0 Å². The number of pyridine rings is 1. The van der Waals surface area contributed by atoms with E-state index in [1.165, 1.54) is 43.5 Å². The number of para-hydroxylation sites is 1. The Balaban J connectivity index is 1.87. The van der Waals surface area contributed by atoms with E-state index in [-0.39, 0.29) is 16.5 Å². The monoisotopic (exact) mass is 337 g/mol. The fourth-order valence-corrected chi connectivity index (χ4v) is 1.70. The first-order valence-electron chi connectivity index (χ1n) is 6.60. The van der Waals surface area contributed by atoms with Gasteiger partial charge < -0.3 is 4.74 Å². The minimum atomic E-state index is -1.00. The summed E-state index contributed by atoms with van der Waals surface area (Å²) in [5, 5.41) is 0.248. The third kappa shape index (κ3) is 4.65. The molecule has 2 rings (SSSR count). The van der Waals surface area contributed by atoms with Crippen LogP contribution >= 0.6 is 11.6 Å². The van der Waals surface area contributed by atoms with E-state index < -0.39 is 23.7 Å². The Hall–Kier alpha value is -2.67. The largest absolute Gasteiger partial charge is 0.478 e. The van der Waals surface area contributed by atoms with Gasteiger partial charge in [0.05, 0.1) is 5.56 Å². The molecule has 0 fully saturated rings. The summed E-state index contributed by atoms with van der Waals surface area (Å²) in [7, 11) is 0. The molecule has 8 heteroatoms. The number of carbonyl (C=O) groups excluding carboxylic acids is 2. The van der Waals surface area contributed by atoms with E-state index in [2.05, 4.69) is 15.8 Å². The zero-order valence-corrected chi connectivity index (χ0v) is 12.8. The van der Waals surface area contributed by atoms with Gasteiger partial charge in [-0.1, -0.05) is 23.7 Å². The molecule has 0 aliphatic rings. The number of halogens is 2. The molecule has 2 aromatic rings. The molecule has 2 amide bonds. The summed E-state index contributed by atoms with van der Waals surface area (Å²) >= 11 is 5.62. The molecule has 0 aliphatic carbocycles. The highest BCUT2D eigenvalue weighted by molar-refractivity contribution is 6.29. The maximum absolute atomic E-state index is 13.4. The average molecular weight is 338 g/mol. The summed E-state index contributed by atoms with van der Waals surface area (Å²) in [5.41, 5.74) is 4.61. The van der Waals surface area contributed by atoms with Gasteiger partial charge in [0, 0.05) is 6.20 Å². The van der Waals surface area contributed by atoms with Crippen molar-refractivity contribution in [2.45, 2.75) is 13.0 Å². The lowest BCUT2D eigenvalue weighted by Crippen LogP contribution is -2.47. The van der Waals surface area contributed by atoms with E-state index in [9.17, 15) is 14.0 Å². The summed E-state index contributed by atoms with van der Waals surface area (Å²) in [4.78, 5) is 27.4. The van der Waals surface area contributed by atoms with E-state index in [0.717, 1.165) is 0 Å². The van der Waals surface area contributed by atoms with Gasteiger partial charge in [-0.2, -0.15) is 0 Å². The lowest BCUT2D eigenvalue weighted by molar-refractivity contribution is -0.128. The maximum Gasteiger partial charge on any atom is 0.279 e. The van der Waals surface area contributed by atoms with E-state index in [0.29, 0.717) is 0 Å². The van der Waals surface area contributed by atoms with Gasteiger partial charge in [0.1, 0.15) is 5.15 Å². The number of benzene rings is 1. The van der Waals surface area contributed by atoms with Crippen molar-refractivity contribution in [2.75, 3.05) is 0 Å². The van der Waals surface area contributed by atoms with Crippen molar-refractivity contribution in [2.24, 2.45) is 0 Å². The van der Waals surface area contributed by atoms with Crippen LogP contribution in [0.5, 0.6) is 5.75 Å². The van der Waals surface area contributed by atoms with Crippen LogP contribution in [0.25, 0.3) is 0 Å². The number of nitrogens with one attached hydrogen (secondary N) is 2. The molecular weight excluding hydrogens is 325 g/mol. The number of aromatic nitrogens is 1. The number of amides is 2. The number of rotatable bonds is 4. The third-order valence-corrected chi connectivity index (χ3v) is 3.02. The Labute approximate surface area is 136 Å². The molecule has 23 heavy (non-hydrogen) atoms. The molecule has 120 valence electrons. The Bertz CT molecular complexity index is 709. The molecule has 1 unspecified atom stereocenters. The molecule has 0 bridgehead atoms. The summed E-state index contributed by atoms with van der Waals surface area (Å²) < 4.78 is 18.6. The van der Waals surface area contributed by atoms with Crippen LogP contribution in [0.3, 0.4) is 0 Å². The van der Waals surface area contributed by atoms with Gasteiger partial charge in [0.2, 0.25) is 0 Å². The van der Waals surface area contributed by atoms with Crippen molar-refractivity contribution in [3.05, 3.63) is 59.1 Å². The molecule has 0 saturated heterocycles. The van der Waals surface area contributed by atoms with Crippen LogP contribution in [0.15, 0.2) is 42.6 Å². The molecule has 0 radical (unpaired) electrons. The number of ether oxygens (including phenoxy) is 1. The summed E-state index contributed by atoms with van der Waals surface area (Å²) in [6.07, 6.45) is 0.263. The lowest BCUT2D eigenvalue weighted by Gasteiger charge is -2.15. The first-order valence-corrected chi connectivity index (χ1v) is 6.98. The highest BCUT2D eigenvalue weighted by atomic mass is 35.5.